The molecule has 3 rings (SSSR count). The molecule has 1 unspecified atom stereocenters. The molecule has 0 radical (unpaired) electrons. The number of nitrogens with zero attached hydrogens (tertiary/aromatic N) is 1. The van der Waals surface area contributed by atoms with Crippen molar-refractivity contribution in [3.8, 4) is 0 Å². The number of carbonyl (C=O) groups is 2. The number of alkyl halides is 1. The van der Waals surface area contributed by atoms with E-state index in [2.05, 4.69) is 0 Å². The van der Waals surface area contributed by atoms with Crippen molar-refractivity contribution >= 4 is 52.4 Å². The topological polar surface area (TPSA) is 77.8 Å². The van der Waals surface area contributed by atoms with Crippen LogP contribution >= 0.6 is 34.8 Å². The lowest BCUT2D eigenvalue weighted by Gasteiger charge is -2.35. The number of para-hydroxylation sites is 1. The number of rotatable bonds is 9. The lowest BCUT2D eigenvalue weighted by Crippen LogP contribution is -2.45. The maximum absolute atomic E-state index is 12.7. The van der Waals surface area contributed by atoms with Gasteiger partial charge in [0.25, 0.3) is 0 Å². The average Bonchev–Trinajstić information content (AvgIpc) is 2.83. The lowest BCUT2D eigenvalue weighted by molar-refractivity contribution is -0.117. The van der Waals surface area contributed by atoms with Gasteiger partial charge >= 0.3 is 5.97 Å². The fourth-order valence-corrected chi connectivity index (χ4v) is 4.10. The quantitative estimate of drug-likeness (QED) is 0.360. The molecule has 0 saturated carbocycles. The van der Waals surface area contributed by atoms with E-state index in [4.69, 9.17) is 34.8 Å². The van der Waals surface area contributed by atoms with Crippen molar-refractivity contribution < 1.29 is 19.8 Å². The Morgan fingerprint density at radius 2 is 1.58 bits per heavy atom. The van der Waals surface area contributed by atoms with Crippen molar-refractivity contribution in [2.24, 2.45) is 0 Å². The second kappa shape index (κ2) is 11.0. The largest absolute Gasteiger partial charge is 0.478 e. The number of carboxylic acids is 1. The molecule has 0 bridgehead atoms. The summed E-state index contributed by atoms with van der Waals surface area (Å²) >= 11 is 18.2. The van der Waals surface area contributed by atoms with E-state index in [-0.39, 0.29) is 41.8 Å². The lowest BCUT2D eigenvalue weighted by atomic mass is 9.86. The molecule has 0 spiro atoms. The first kappa shape index (κ1) is 25.1. The number of carboxylic acid groups (broad SMARTS) is 1. The molecule has 1 atom stereocenters. The molecular formula is C25H22Cl3NO4. The third-order valence-corrected chi connectivity index (χ3v) is 6.38. The molecule has 3 aromatic carbocycles. The summed E-state index contributed by atoms with van der Waals surface area (Å²) in [5.74, 6) is -1.70. The zero-order chi connectivity index (χ0) is 24.0. The number of hydrogen-bond donors (Lipinski definition) is 2. The third kappa shape index (κ3) is 6.06. The van der Waals surface area contributed by atoms with E-state index in [1.807, 2.05) is 6.07 Å². The first-order valence-corrected chi connectivity index (χ1v) is 11.4. The second-order valence-corrected chi connectivity index (χ2v) is 8.65. The molecule has 8 heteroatoms. The normalized spacial score (nSPS) is 12.7. The minimum Gasteiger partial charge on any atom is -0.478 e. The molecule has 33 heavy (non-hydrogen) atoms. The Kier molecular flexibility index (Phi) is 8.38. The zero-order valence-electron chi connectivity index (χ0n) is 17.5. The first-order valence-electron chi connectivity index (χ1n) is 10.2. The zero-order valence-corrected chi connectivity index (χ0v) is 19.8. The predicted molar refractivity (Wildman–Crippen MR) is 132 cm³/mol. The molecule has 0 aliphatic heterocycles. The van der Waals surface area contributed by atoms with E-state index >= 15 is 0 Å². The van der Waals surface area contributed by atoms with Gasteiger partial charge in [-0.05, 0) is 54.3 Å². The summed E-state index contributed by atoms with van der Waals surface area (Å²) < 4.78 is 0. The van der Waals surface area contributed by atoms with E-state index in [1.165, 1.54) is 11.0 Å². The van der Waals surface area contributed by atoms with Gasteiger partial charge in [0.05, 0.1) is 22.2 Å². The van der Waals surface area contributed by atoms with Gasteiger partial charge in [0.15, 0.2) is 0 Å². The van der Waals surface area contributed by atoms with Crippen molar-refractivity contribution in [2.45, 2.75) is 18.4 Å². The van der Waals surface area contributed by atoms with Crippen LogP contribution < -0.4 is 4.90 Å². The van der Waals surface area contributed by atoms with E-state index in [0.717, 1.165) is 0 Å². The first-order chi connectivity index (χ1) is 15.7. The standard InChI is InChI=1S/C25H22Cl3NO4/c26-15-23(30)29(19-7-2-1-3-8-19)16-25(33,18-10-11-21(27)22(28)14-18)13-12-17-6-4-5-9-20(17)24(31)32/h1-11,14,33H,12-13,15-16H2,(H,31,32). The monoisotopic (exact) mass is 505 g/mol. The molecule has 0 aliphatic carbocycles. The fourth-order valence-electron chi connectivity index (χ4n) is 3.65. The van der Waals surface area contributed by atoms with Gasteiger partial charge in [-0.2, -0.15) is 0 Å². The van der Waals surface area contributed by atoms with Crippen LogP contribution in [0.1, 0.15) is 27.9 Å². The molecule has 0 saturated heterocycles. The van der Waals surface area contributed by atoms with Crippen LogP contribution in [0.4, 0.5) is 5.69 Å². The van der Waals surface area contributed by atoms with Gasteiger partial charge in [-0.25, -0.2) is 4.79 Å². The highest BCUT2D eigenvalue weighted by molar-refractivity contribution is 6.42. The molecule has 0 heterocycles. The van der Waals surface area contributed by atoms with Crippen LogP contribution in [-0.2, 0) is 16.8 Å². The number of anilines is 1. The molecular weight excluding hydrogens is 485 g/mol. The van der Waals surface area contributed by atoms with Crippen molar-refractivity contribution in [2.75, 3.05) is 17.3 Å². The summed E-state index contributed by atoms with van der Waals surface area (Å²) in [5.41, 5.74) is 0.182. The van der Waals surface area contributed by atoms with E-state index < -0.39 is 11.6 Å². The summed E-state index contributed by atoms with van der Waals surface area (Å²) in [6.07, 6.45) is 0.366. The maximum Gasteiger partial charge on any atom is 0.335 e. The number of halogens is 3. The second-order valence-electron chi connectivity index (χ2n) is 7.57. The Bertz CT molecular complexity index is 1140. The van der Waals surface area contributed by atoms with Gasteiger partial charge in [-0.3, -0.25) is 4.79 Å². The highest BCUT2D eigenvalue weighted by atomic mass is 35.5. The molecule has 1 amide bonds. The van der Waals surface area contributed by atoms with Crippen LogP contribution in [0.3, 0.4) is 0 Å². The summed E-state index contributed by atoms with van der Waals surface area (Å²) in [6, 6.07) is 20.3. The van der Waals surface area contributed by atoms with E-state index in [1.54, 1.807) is 60.7 Å². The highest BCUT2D eigenvalue weighted by Gasteiger charge is 2.34. The Morgan fingerprint density at radius 1 is 0.909 bits per heavy atom. The molecule has 2 N–H and O–H groups in total. The van der Waals surface area contributed by atoms with Gasteiger partial charge in [0.2, 0.25) is 5.91 Å². The molecule has 3 aromatic rings. The number of amides is 1. The Morgan fingerprint density at radius 3 is 2.21 bits per heavy atom. The number of benzene rings is 3. The van der Waals surface area contributed by atoms with Crippen LogP contribution in [0, 0.1) is 0 Å². The molecule has 0 fully saturated rings. The van der Waals surface area contributed by atoms with Crippen molar-refractivity contribution in [3.63, 3.8) is 0 Å². The van der Waals surface area contributed by atoms with Crippen molar-refractivity contribution in [3.05, 3.63) is 99.5 Å². The molecule has 0 aromatic heterocycles. The van der Waals surface area contributed by atoms with Crippen LogP contribution in [0.5, 0.6) is 0 Å². The average molecular weight is 507 g/mol. The number of carbonyl (C=O) groups excluding carboxylic acids is 1. The smallest absolute Gasteiger partial charge is 0.335 e. The van der Waals surface area contributed by atoms with Crippen LogP contribution in [-0.4, -0.2) is 34.5 Å². The van der Waals surface area contributed by atoms with Crippen molar-refractivity contribution in [1.29, 1.82) is 0 Å². The maximum atomic E-state index is 12.7. The minimum atomic E-state index is -1.57. The number of hydrogen-bond acceptors (Lipinski definition) is 3. The Labute approximate surface area is 207 Å². The number of aryl methyl sites for hydroxylation is 1. The summed E-state index contributed by atoms with van der Waals surface area (Å²) in [4.78, 5) is 25.8. The highest BCUT2D eigenvalue weighted by Crippen LogP contribution is 2.34. The van der Waals surface area contributed by atoms with Gasteiger partial charge in [-0.1, -0.05) is 65.7 Å². The van der Waals surface area contributed by atoms with Crippen molar-refractivity contribution in [1.82, 2.24) is 0 Å². The van der Waals surface area contributed by atoms with Gasteiger partial charge in [0, 0.05) is 5.69 Å². The van der Waals surface area contributed by atoms with Crippen LogP contribution in [0.25, 0.3) is 0 Å². The minimum absolute atomic E-state index is 0.115. The third-order valence-electron chi connectivity index (χ3n) is 5.42. The summed E-state index contributed by atoms with van der Waals surface area (Å²) in [6.45, 7) is -0.115. The van der Waals surface area contributed by atoms with Crippen LogP contribution in [0.15, 0.2) is 72.8 Å². The molecule has 0 aliphatic rings. The van der Waals surface area contributed by atoms with Gasteiger partial charge in [-0.15, -0.1) is 11.6 Å². The fraction of sp³-hybridized carbons (Fsp3) is 0.200. The predicted octanol–water partition coefficient (Wildman–Crippen LogP) is 5.78. The Balaban J connectivity index is 2.02. The van der Waals surface area contributed by atoms with Gasteiger partial charge in [0.1, 0.15) is 11.5 Å². The SMILES string of the molecule is O=C(O)c1ccccc1CCC(O)(CN(C(=O)CCl)c1ccccc1)c1ccc(Cl)c(Cl)c1. The van der Waals surface area contributed by atoms with Gasteiger partial charge < -0.3 is 15.1 Å². The number of aliphatic hydroxyl groups is 1. The summed E-state index contributed by atoms with van der Waals surface area (Å²) in [5, 5.41) is 22.0. The van der Waals surface area contributed by atoms with E-state index in [9.17, 15) is 19.8 Å². The van der Waals surface area contributed by atoms with Crippen LogP contribution in [0.2, 0.25) is 10.0 Å². The molecule has 172 valence electrons. The molecule has 5 nitrogen and oxygen atoms in total. The van der Waals surface area contributed by atoms with E-state index in [0.29, 0.717) is 21.8 Å². The Hall–Kier alpha value is -2.57. The number of aromatic carboxylic acids is 1. The summed E-state index contributed by atoms with van der Waals surface area (Å²) in [7, 11) is 0.